The van der Waals surface area contributed by atoms with Crippen LogP contribution < -0.4 is 15.4 Å². The van der Waals surface area contributed by atoms with Crippen molar-refractivity contribution in [1.82, 2.24) is 5.32 Å². The summed E-state index contributed by atoms with van der Waals surface area (Å²) in [5, 5.41) is 14.4. The maximum atomic E-state index is 12.2. The fraction of sp³-hybridized carbons (Fsp3) is 0.263. The molecule has 3 rings (SSSR count). The van der Waals surface area contributed by atoms with Crippen molar-refractivity contribution in [2.24, 2.45) is 0 Å². The molecular weight excluding hydrogens is 336 g/mol. The molecule has 0 bridgehead atoms. The van der Waals surface area contributed by atoms with Gasteiger partial charge in [0.05, 0.1) is 24.0 Å². The number of fused-ring (bicyclic) bond motifs is 1. The number of aromatic carboxylic acids is 1. The molecule has 1 aliphatic heterocycles. The zero-order valence-corrected chi connectivity index (χ0v) is 14.3. The highest BCUT2D eigenvalue weighted by Gasteiger charge is 2.24. The summed E-state index contributed by atoms with van der Waals surface area (Å²) in [6.07, 6.45) is 0.724. The number of carboxylic acid groups (broad SMARTS) is 1. The van der Waals surface area contributed by atoms with Gasteiger partial charge in [0.1, 0.15) is 5.75 Å². The second-order valence-corrected chi connectivity index (χ2v) is 5.90. The number of hydrogen-bond donors (Lipinski definition) is 3. The molecule has 1 unspecified atom stereocenters. The number of nitrogens with one attached hydrogen (secondary N) is 2. The van der Waals surface area contributed by atoms with Gasteiger partial charge in [-0.2, -0.15) is 0 Å². The Morgan fingerprint density at radius 1 is 1.23 bits per heavy atom. The van der Waals surface area contributed by atoms with Gasteiger partial charge in [0.25, 0.3) is 0 Å². The van der Waals surface area contributed by atoms with Crippen molar-refractivity contribution in [2.45, 2.75) is 19.1 Å². The first-order chi connectivity index (χ1) is 12.6. The summed E-state index contributed by atoms with van der Waals surface area (Å²) in [4.78, 5) is 23.0. The van der Waals surface area contributed by atoms with E-state index in [1.165, 1.54) is 12.1 Å². The SMILES string of the molecule is COC1CCOc2c(NC(=O)NCc3ccc(C(=O)O)cc3)cccc21. The molecule has 0 aliphatic carbocycles. The number of para-hydroxylation sites is 1. The number of anilines is 1. The van der Waals surface area contributed by atoms with Gasteiger partial charge < -0.3 is 25.2 Å². The molecule has 0 saturated carbocycles. The highest BCUT2D eigenvalue weighted by Crippen LogP contribution is 2.39. The number of carboxylic acids is 1. The standard InChI is InChI=1S/C19H20N2O5/c1-25-16-9-10-26-17-14(16)3-2-4-15(17)21-19(24)20-11-12-5-7-13(8-6-12)18(22)23/h2-8,16H,9-11H2,1H3,(H,22,23)(H2,20,21,24). The minimum absolute atomic E-state index is 0.0451. The molecular formula is C19H20N2O5. The summed E-state index contributed by atoms with van der Waals surface area (Å²) in [5.74, 6) is -0.350. The molecule has 1 aliphatic rings. The van der Waals surface area contributed by atoms with E-state index in [0.717, 1.165) is 17.5 Å². The lowest BCUT2D eigenvalue weighted by atomic mass is 10.0. The number of methoxy groups -OCH3 is 1. The summed E-state index contributed by atoms with van der Waals surface area (Å²) in [7, 11) is 1.65. The molecule has 26 heavy (non-hydrogen) atoms. The fourth-order valence-electron chi connectivity index (χ4n) is 2.85. The second-order valence-electron chi connectivity index (χ2n) is 5.90. The van der Waals surface area contributed by atoms with Crippen molar-refractivity contribution >= 4 is 17.7 Å². The lowest BCUT2D eigenvalue weighted by Gasteiger charge is -2.26. The molecule has 3 N–H and O–H groups in total. The topological polar surface area (TPSA) is 96.9 Å². The molecule has 1 atom stereocenters. The summed E-state index contributed by atoms with van der Waals surface area (Å²) >= 11 is 0. The van der Waals surface area contributed by atoms with Crippen LogP contribution in [0.4, 0.5) is 10.5 Å². The van der Waals surface area contributed by atoms with Crippen LogP contribution in [0.15, 0.2) is 42.5 Å². The summed E-state index contributed by atoms with van der Waals surface area (Å²) in [6, 6.07) is 11.5. The third kappa shape index (κ3) is 3.94. The van der Waals surface area contributed by atoms with E-state index in [4.69, 9.17) is 14.6 Å². The van der Waals surface area contributed by atoms with Crippen molar-refractivity contribution in [3.8, 4) is 5.75 Å². The Morgan fingerprint density at radius 3 is 2.69 bits per heavy atom. The van der Waals surface area contributed by atoms with Gasteiger partial charge in [-0.25, -0.2) is 9.59 Å². The Balaban J connectivity index is 1.63. The molecule has 2 aromatic carbocycles. The number of carbonyl (C=O) groups excluding carboxylic acids is 1. The number of hydrogen-bond acceptors (Lipinski definition) is 4. The quantitative estimate of drug-likeness (QED) is 0.764. The van der Waals surface area contributed by atoms with Crippen LogP contribution in [0.2, 0.25) is 0 Å². The van der Waals surface area contributed by atoms with E-state index in [2.05, 4.69) is 10.6 Å². The smallest absolute Gasteiger partial charge is 0.335 e. The van der Waals surface area contributed by atoms with Gasteiger partial charge in [-0.1, -0.05) is 24.3 Å². The van der Waals surface area contributed by atoms with Crippen molar-refractivity contribution < 1.29 is 24.2 Å². The number of amides is 2. The molecule has 0 fully saturated rings. The first-order valence-corrected chi connectivity index (χ1v) is 8.24. The van der Waals surface area contributed by atoms with E-state index in [0.29, 0.717) is 18.0 Å². The number of ether oxygens (including phenoxy) is 2. The van der Waals surface area contributed by atoms with Crippen molar-refractivity contribution in [2.75, 3.05) is 19.0 Å². The first-order valence-electron chi connectivity index (χ1n) is 8.24. The Morgan fingerprint density at radius 2 is 2.00 bits per heavy atom. The number of benzene rings is 2. The number of carbonyl (C=O) groups is 2. The van der Waals surface area contributed by atoms with Crippen LogP contribution in [-0.2, 0) is 11.3 Å². The van der Waals surface area contributed by atoms with E-state index in [1.807, 2.05) is 12.1 Å². The van der Waals surface area contributed by atoms with Crippen LogP contribution >= 0.6 is 0 Å². The van der Waals surface area contributed by atoms with Crippen molar-refractivity contribution in [3.05, 3.63) is 59.2 Å². The maximum Gasteiger partial charge on any atom is 0.335 e. The third-order valence-electron chi connectivity index (χ3n) is 4.21. The fourth-order valence-corrected chi connectivity index (χ4v) is 2.85. The molecule has 2 amide bonds. The maximum absolute atomic E-state index is 12.2. The van der Waals surface area contributed by atoms with E-state index in [1.54, 1.807) is 25.3 Å². The van der Waals surface area contributed by atoms with Crippen molar-refractivity contribution in [1.29, 1.82) is 0 Å². The average molecular weight is 356 g/mol. The largest absolute Gasteiger partial charge is 0.491 e. The Kier molecular flexibility index (Phi) is 5.38. The normalized spacial score (nSPS) is 15.5. The number of urea groups is 1. The van der Waals surface area contributed by atoms with Crippen LogP contribution in [0.3, 0.4) is 0 Å². The summed E-state index contributed by atoms with van der Waals surface area (Å²) < 4.78 is 11.2. The van der Waals surface area contributed by atoms with Gasteiger partial charge in [0.2, 0.25) is 0 Å². The highest BCUT2D eigenvalue weighted by atomic mass is 16.5. The average Bonchev–Trinajstić information content (AvgIpc) is 2.66. The minimum atomic E-state index is -0.981. The van der Waals surface area contributed by atoms with Gasteiger partial charge in [0, 0.05) is 25.6 Å². The van der Waals surface area contributed by atoms with Crippen LogP contribution in [0.25, 0.3) is 0 Å². The van der Waals surface area contributed by atoms with Gasteiger partial charge in [-0.05, 0) is 23.8 Å². The molecule has 0 radical (unpaired) electrons. The molecule has 7 heteroatoms. The van der Waals surface area contributed by atoms with E-state index < -0.39 is 5.97 Å². The second kappa shape index (κ2) is 7.88. The monoisotopic (exact) mass is 356 g/mol. The first kappa shape index (κ1) is 17.8. The molecule has 1 heterocycles. The van der Waals surface area contributed by atoms with Crippen molar-refractivity contribution in [3.63, 3.8) is 0 Å². The molecule has 0 aromatic heterocycles. The van der Waals surface area contributed by atoms with Crippen LogP contribution in [0.5, 0.6) is 5.75 Å². The Bertz CT molecular complexity index is 804. The lowest BCUT2D eigenvalue weighted by molar-refractivity contribution is 0.0639. The molecule has 7 nitrogen and oxygen atoms in total. The van der Waals surface area contributed by atoms with E-state index >= 15 is 0 Å². The molecule has 2 aromatic rings. The lowest BCUT2D eigenvalue weighted by Crippen LogP contribution is -2.29. The predicted molar refractivity (Wildman–Crippen MR) is 95.6 cm³/mol. The van der Waals surface area contributed by atoms with Crippen LogP contribution in [0.1, 0.15) is 34.0 Å². The molecule has 0 saturated heterocycles. The highest BCUT2D eigenvalue weighted by molar-refractivity contribution is 5.91. The Hall–Kier alpha value is -3.06. The summed E-state index contributed by atoms with van der Waals surface area (Å²) in [5.41, 5.74) is 2.51. The van der Waals surface area contributed by atoms with Gasteiger partial charge >= 0.3 is 12.0 Å². The van der Waals surface area contributed by atoms with Gasteiger partial charge in [-0.3, -0.25) is 0 Å². The number of rotatable bonds is 5. The zero-order valence-electron chi connectivity index (χ0n) is 14.3. The molecule has 136 valence electrons. The molecule has 0 spiro atoms. The summed E-state index contributed by atoms with van der Waals surface area (Å²) in [6.45, 7) is 0.810. The van der Waals surface area contributed by atoms with Crippen LogP contribution in [-0.4, -0.2) is 30.8 Å². The van der Waals surface area contributed by atoms with Crippen LogP contribution in [0, 0.1) is 0 Å². The minimum Gasteiger partial charge on any atom is -0.491 e. The van der Waals surface area contributed by atoms with Gasteiger partial charge in [-0.15, -0.1) is 0 Å². The third-order valence-corrected chi connectivity index (χ3v) is 4.21. The predicted octanol–water partition coefficient (Wildman–Crippen LogP) is 3.18. The van der Waals surface area contributed by atoms with E-state index in [-0.39, 0.29) is 24.2 Å². The zero-order chi connectivity index (χ0) is 18.5. The van der Waals surface area contributed by atoms with E-state index in [9.17, 15) is 9.59 Å². The van der Waals surface area contributed by atoms with Gasteiger partial charge in [0.15, 0.2) is 0 Å². The Labute approximate surface area is 150 Å².